The van der Waals surface area contributed by atoms with Crippen LogP contribution in [0.2, 0.25) is 0 Å². The lowest BCUT2D eigenvalue weighted by Gasteiger charge is -2.14. The van der Waals surface area contributed by atoms with E-state index in [1.165, 1.54) is 290 Å². The zero-order valence-corrected chi connectivity index (χ0v) is 81.5. The van der Waals surface area contributed by atoms with Crippen molar-refractivity contribution < 1.29 is 0 Å². The fourth-order valence-corrected chi connectivity index (χ4v) is 25.3. The summed E-state index contributed by atoms with van der Waals surface area (Å²) in [6.07, 6.45) is 3.72. The van der Waals surface area contributed by atoms with Crippen molar-refractivity contribution >= 4 is 228 Å². The molecule has 0 radical (unpaired) electrons. The van der Waals surface area contributed by atoms with Crippen molar-refractivity contribution in [3.63, 3.8) is 0 Å². The summed E-state index contributed by atoms with van der Waals surface area (Å²) in [7, 11) is 0. The summed E-state index contributed by atoms with van der Waals surface area (Å²) in [6, 6.07) is 194. The molecule has 0 aliphatic carbocycles. The van der Waals surface area contributed by atoms with Crippen LogP contribution in [0.3, 0.4) is 0 Å². The van der Waals surface area contributed by atoms with Gasteiger partial charge in [0.25, 0.3) is 0 Å². The van der Waals surface area contributed by atoms with E-state index in [1.54, 1.807) is 0 Å². The van der Waals surface area contributed by atoms with Gasteiger partial charge in [-0.1, -0.05) is 352 Å². The molecule has 0 saturated carbocycles. The minimum absolute atomic E-state index is 1.11. The Hall–Kier alpha value is -20.0. The van der Waals surface area contributed by atoms with Crippen molar-refractivity contribution in [1.29, 1.82) is 0 Å². The third kappa shape index (κ3) is 13.1. The third-order valence-electron chi connectivity index (χ3n) is 31.9. The highest BCUT2D eigenvalue weighted by atomic mass is 15.0. The van der Waals surface area contributed by atoms with Crippen molar-refractivity contribution in [2.45, 2.75) is 0 Å². The van der Waals surface area contributed by atoms with Gasteiger partial charge in [0.2, 0.25) is 0 Å². The zero-order valence-electron chi connectivity index (χ0n) is 81.5. The molecule has 0 saturated heterocycles. The molecule has 26 aromatic carbocycles. The summed E-state index contributed by atoms with van der Waals surface area (Å²) >= 11 is 0. The van der Waals surface area contributed by atoms with Crippen molar-refractivity contribution in [3.05, 3.63) is 540 Å². The molecule has 0 N–H and O–H groups in total. The fraction of sp³-hybridized carbons (Fsp3) is 0. The molecule has 0 amide bonds. The molecule has 7 heteroatoms. The Morgan fingerprint density at radius 3 is 0.520 bits per heavy atom. The van der Waals surface area contributed by atoms with Gasteiger partial charge >= 0.3 is 0 Å². The molecule has 696 valence electrons. The molecule has 7 nitrogen and oxygen atoms in total. The minimum atomic E-state index is 1.11. The topological polar surface area (TPSA) is 42.5 Å². The average molecular weight is 1910 g/mol. The molecule has 0 fully saturated rings. The lowest BCUT2D eigenvalue weighted by molar-refractivity contribution is 1.16. The Morgan fingerprint density at radius 1 is 0.0933 bits per heavy atom. The molecule has 33 aromatic rings. The van der Waals surface area contributed by atoms with E-state index >= 15 is 0 Å². The predicted molar refractivity (Wildman–Crippen MR) is 637 cm³/mol. The molecular formula is C143H89N7. The van der Waals surface area contributed by atoms with E-state index in [2.05, 4.69) is 560 Å². The second-order valence-corrected chi connectivity index (χ2v) is 39.8. The number of fused-ring (bicyclic) bond motifs is 36. The smallest absolute Gasteiger partial charge is 0.0547 e. The number of aromatic nitrogens is 7. The van der Waals surface area contributed by atoms with E-state index in [-0.39, 0.29) is 0 Å². The Balaban J connectivity index is 0.000000101. The molecule has 150 heavy (non-hydrogen) atoms. The molecule has 0 unspecified atom stereocenters. The Morgan fingerprint density at radius 2 is 0.260 bits per heavy atom. The Labute approximate surface area is 861 Å². The molecule has 0 bridgehead atoms. The van der Waals surface area contributed by atoms with Crippen LogP contribution in [0, 0.1) is 0 Å². The van der Waals surface area contributed by atoms with Gasteiger partial charge in [0.15, 0.2) is 0 Å². The number of para-hydroxylation sites is 8. The van der Waals surface area contributed by atoms with E-state index in [1.807, 2.05) is 12.4 Å². The molecule has 0 spiro atoms. The van der Waals surface area contributed by atoms with Crippen LogP contribution in [0.5, 0.6) is 0 Å². The van der Waals surface area contributed by atoms with Crippen LogP contribution in [0.15, 0.2) is 540 Å². The Kier molecular flexibility index (Phi) is 19.1. The molecular weight excluding hydrogens is 1820 g/mol. The fourth-order valence-electron chi connectivity index (χ4n) is 25.3. The van der Waals surface area contributed by atoms with Gasteiger partial charge in [0, 0.05) is 111 Å². The molecule has 7 heterocycles. The first kappa shape index (κ1) is 84.5. The zero-order chi connectivity index (χ0) is 98.3. The number of hydrogen-bond donors (Lipinski definition) is 0. The van der Waals surface area contributed by atoms with E-state index in [4.69, 9.17) is 0 Å². The van der Waals surface area contributed by atoms with E-state index in [9.17, 15) is 0 Å². The second kappa shape index (κ2) is 33.8. The molecule has 0 atom stereocenters. The second-order valence-electron chi connectivity index (χ2n) is 39.8. The summed E-state index contributed by atoms with van der Waals surface area (Å²) in [6.45, 7) is 0. The van der Waals surface area contributed by atoms with Crippen LogP contribution in [0.4, 0.5) is 0 Å². The highest BCUT2D eigenvalue weighted by molar-refractivity contribution is 6.30. The van der Waals surface area contributed by atoms with Crippen molar-refractivity contribution in [2.24, 2.45) is 0 Å². The number of benzene rings is 26. The van der Waals surface area contributed by atoms with Crippen LogP contribution in [-0.2, 0) is 0 Å². The first-order chi connectivity index (χ1) is 74.4. The van der Waals surface area contributed by atoms with E-state index < -0.39 is 0 Å². The van der Waals surface area contributed by atoms with E-state index in [0.717, 1.165) is 5.69 Å². The maximum Gasteiger partial charge on any atom is 0.0547 e. The van der Waals surface area contributed by atoms with Crippen molar-refractivity contribution in [1.82, 2.24) is 32.4 Å². The average Bonchev–Trinajstić information content (AvgIpc) is 1.56. The summed E-state index contributed by atoms with van der Waals surface area (Å²) in [5.74, 6) is 0. The van der Waals surface area contributed by atoms with Crippen molar-refractivity contribution in [3.8, 4) is 67.5 Å². The summed E-state index contributed by atoms with van der Waals surface area (Å²) < 4.78 is 14.4. The highest BCUT2D eigenvalue weighted by Gasteiger charge is 2.25. The van der Waals surface area contributed by atoms with Crippen molar-refractivity contribution in [2.75, 3.05) is 0 Å². The number of rotatable bonds is 9. The first-order valence-corrected chi connectivity index (χ1v) is 51.7. The van der Waals surface area contributed by atoms with Crippen LogP contribution in [-0.4, -0.2) is 32.4 Å². The van der Waals surface area contributed by atoms with Gasteiger partial charge in [0.05, 0.1) is 66.2 Å². The summed E-state index contributed by atoms with van der Waals surface area (Å²) in [5.41, 5.74) is 28.8. The minimum Gasteiger partial charge on any atom is -0.309 e. The van der Waals surface area contributed by atoms with Gasteiger partial charge in [-0.2, -0.15) is 0 Å². The van der Waals surface area contributed by atoms with E-state index in [0.29, 0.717) is 0 Å². The van der Waals surface area contributed by atoms with Gasteiger partial charge < -0.3 is 27.4 Å². The van der Waals surface area contributed by atoms with Gasteiger partial charge in [0.1, 0.15) is 0 Å². The first-order valence-electron chi connectivity index (χ1n) is 51.7. The lowest BCUT2D eigenvalue weighted by atomic mass is 9.94. The number of nitrogens with zero attached hydrogens (tertiary/aromatic N) is 7. The van der Waals surface area contributed by atoms with Gasteiger partial charge in [-0.25, -0.2) is 0 Å². The van der Waals surface area contributed by atoms with Crippen LogP contribution in [0.1, 0.15) is 0 Å². The highest BCUT2D eigenvalue weighted by Crippen LogP contribution is 2.48. The molecule has 0 aliphatic heterocycles. The maximum atomic E-state index is 4.26. The predicted octanol–water partition coefficient (Wildman–Crippen LogP) is 38.4. The monoisotopic (exact) mass is 1900 g/mol. The quantitative estimate of drug-likeness (QED) is 0.133. The van der Waals surface area contributed by atoms with Gasteiger partial charge in [-0.3, -0.25) is 4.98 Å². The van der Waals surface area contributed by atoms with Crippen LogP contribution in [0.25, 0.3) is 295 Å². The SMILES string of the molecule is c1ccc(-n2c3ccccc3c3cc(-c4ccc5c(c4)c4ccccc4n5-c4ccc5c6ccccc6c6ccccc6c5c4)ccc32)cc1.c1ccc(-n2c3ccccc3c3ccc(-c4ccc5c(c4)c4ccccc4n5-c4ccc5c6ccccc6c6ccccc6c5c4)cc32)cc1.c1ccc2c(c1)c1ccccc1c1cc(-n3c4ccccc4c4cc(-c5ccc6c(c5)c5ccccc5n6-c5ccncc5)ccc43)ccc21. The standard InChI is InChI=1S/2C48H30N2.C47H29N3/c1-2-12-33(13-3-1)49-45-20-10-8-18-40(45)43-28-31(22-26-47(43)49)32-23-27-48-44(29-32)41-19-9-11-21-46(41)50(48)34-24-25-39-37-16-5-4-14-35(37)36-15-6-7-17-38(36)42(39)30-34;1-2-12-33(13-3-1)49-45-20-10-8-18-40(45)42-25-22-32(29-48(42)49)31-23-27-47-44(28-31)41-19-9-11-21-46(41)50(47)34-24-26-39-37-16-5-4-14-35(37)36-15-6-7-17-38(36)43(39)30-34;1-2-11-36-34(9-1)35-10-3-4-12-37(35)41-29-33(19-20-38(36)41)50-45-16-8-6-14-40(45)43-28-31(18-22-47(43)50)30-17-21-46-42(27-30)39-13-5-7-15-44(39)49(46)32-23-25-48-26-24-32/h2*1-30H;1-29H. The van der Waals surface area contributed by atoms with Gasteiger partial charge in [-0.05, 0) is 306 Å². The maximum absolute atomic E-state index is 4.26. The van der Waals surface area contributed by atoms with Crippen LogP contribution >= 0.6 is 0 Å². The molecule has 33 rings (SSSR count). The lowest BCUT2D eigenvalue weighted by Crippen LogP contribution is -1.94. The third-order valence-corrected chi connectivity index (χ3v) is 31.9. The normalized spacial score (nSPS) is 12.0. The summed E-state index contributed by atoms with van der Waals surface area (Å²) in [5, 5.41) is 38.3. The number of pyridine rings is 1. The molecule has 7 aromatic heterocycles. The molecule has 0 aliphatic rings. The summed E-state index contributed by atoms with van der Waals surface area (Å²) in [4.78, 5) is 4.26. The number of hydrogen-bond acceptors (Lipinski definition) is 1. The van der Waals surface area contributed by atoms with Crippen LogP contribution < -0.4 is 0 Å². The van der Waals surface area contributed by atoms with Gasteiger partial charge in [-0.15, -0.1) is 0 Å². The Bertz CT molecular complexity index is 10900. The largest absolute Gasteiger partial charge is 0.309 e.